The molecule has 9 heteroatoms. The molecule has 32 heavy (non-hydrogen) atoms. The predicted octanol–water partition coefficient (Wildman–Crippen LogP) is 2.66. The van der Waals surface area contributed by atoms with Crippen molar-refractivity contribution in [1.82, 2.24) is 9.62 Å². The van der Waals surface area contributed by atoms with E-state index in [9.17, 15) is 13.5 Å². The Bertz CT molecular complexity index is 899. The zero-order valence-electron chi connectivity index (χ0n) is 18.3. The second-order valence-electron chi connectivity index (χ2n) is 10.2. The standard InChI is InChI=1S/C23H33ClN2O5S/c24-21-10-20(32(28,29)26-3-5-30-6-4-26)1-2-22(21)31-15-19(27)14-25-23-11-16-7-17(12-23)9-18(8-16)13-23/h1-2,10,16-19,25,27H,3-9,11-15H2/t16?,17?,18?,19-,23?/m1/s1. The third-order valence-corrected chi connectivity index (χ3v) is 9.88. The number of ether oxygens (including phenoxy) is 2. The van der Waals surface area contributed by atoms with Gasteiger partial charge in [0.15, 0.2) is 0 Å². The van der Waals surface area contributed by atoms with E-state index in [1.54, 1.807) is 6.07 Å². The van der Waals surface area contributed by atoms with Gasteiger partial charge in [-0.1, -0.05) is 11.6 Å². The van der Waals surface area contributed by atoms with Gasteiger partial charge >= 0.3 is 0 Å². The van der Waals surface area contributed by atoms with Crippen molar-refractivity contribution >= 4 is 21.6 Å². The lowest BCUT2D eigenvalue weighted by molar-refractivity contribution is -0.0266. The van der Waals surface area contributed by atoms with Crippen molar-refractivity contribution in [1.29, 1.82) is 0 Å². The molecule has 178 valence electrons. The number of rotatable bonds is 8. The van der Waals surface area contributed by atoms with Gasteiger partial charge in [0.2, 0.25) is 10.0 Å². The van der Waals surface area contributed by atoms with Gasteiger partial charge in [-0.05, 0) is 74.5 Å². The van der Waals surface area contributed by atoms with Crippen LogP contribution < -0.4 is 10.1 Å². The molecule has 0 spiro atoms. The summed E-state index contributed by atoms with van der Waals surface area (Å²) in [5.74, 6) is 2.94. The van der Waals surface area contributed by atoms with Gasteiger partial charge in [0.25, 0.3) is 0 Å². The quantitative estimate of drug-likeness (QED) is 0.589. The van der Waals surface area contributed by atoms with Crippen molar-refractivity contribution in [2.75, 3.05) is 39.5 Å². The minimum absolute atomic E-state index is 0.106. The summed E-state index contributed by atoms with van der Waals surface area (Å²) in [6.45, 7) is 2.05. The lowest BCUT2D eigenvalue weighted by Crippen LogP contribution is -2.59. The van der Waals surface area contributed by atoms with Gasteiger partial charge in [-0.15, -0.1) is 0 Å². The maximum absolute atomic E-state index is 12.8. The van der Waals surface area contributed by atoms with E-state index in [4.69, 9.17) is 21.1 Å². The Balaban J connectivity index is 1.15. The fraction of sp³-hybridized carbons (Fsp3) is 0.739. The highest BCUT2D eigenvalue weighted by Crippen LogP contribution is 2.55. The molecule has 0 radical (unpaired) electrons. The van der Waals surface area contributed by atoms with Crippen LogP contribution in [0.2, 0.25) is 5.02 Å². The highest BCUT2D eigenvalue weighted by Gasteiger charge is 2.50. The first-order valence-electron chi connectivity index (χ1n) is 11.8. The zero-order chi connectivity index (χ0) is 22.3. The Morgan fingerprint density at radius 3 is 2.38 bits per heavy atom. The van der Waals surface area contributed by atoms with Crippen LogP contribution in [0.1, 0.15) is 38.5 Å². The van der Waals surface area contributed by atoms with Crippen LogP contribution in [-0.4, -0.2) is 68.9 Å². The number of benzene rings is 1. The highest BCUT2D eigenvalue weighted by molar-refractivity contribution is 7.89. The van der Waals surface area contributed by atoms with Gasteiger partial charge in [0.05, 0.1) is 23.1 Å². The number of aliphatic hydroxyl groups is 1. The molecule has 1 atom stereocenters. The van der Waals surface area contributed by atoms with Crippen molar-refractivity contribution in [3.8, 4) is 5.75 Å². The lowest BCUT2D eigenvalue weighted by atomic mass is 9.53. The number of aliphatic hydroxyl groups excluding tert-OH is 1. The monoisotopic (exact) mass is 484 g/mol. The Hall–Kier alpha value is -0.900. The molecule has 1 heterocycles. The molecule has 6 rings (SSSR count). The van der Waals surface area contributed by atoms with Crippen LogP contribution in [0.5, 0.6) is 5.75 Å². The van der Waals surface area contributed by atoms with Gasteiger partial charge in [0.1, 0.15) is 18.5 Å². The summed E-state index contributed by atoms with van der Waals surface area (Å²) in [5.41, 5.74) is 0.197. The lowest BCUT2D eigenvalue weighted by Gasteiger charge is -2.57. The van der Waals surface area contributed by atoms with E-state index < -0.39 is 16.1 Å². The number of halogens is 1. The van der Waals surface area contributed by atoms with E-state index in [2.05, 4.69) is 5.32 Å². The molecular weight excluding hydrogens is 452 g/mol. The van der Waals surface area contributed by atoms with Crippen LogP contribution in [0.4, 0.5) is 0 Å². The maximum Gasteiger partial charge on any atom is 0.243 e. The van der Waals surface area contributed by atoms with Crippen molar-refractivity contribution in [3.63, 3.8) is 0 Å². The van der Waals surface area contributed by atoms with Crippen LogP contribution in [0.15, 0.2) is 23.1 Å². The first-order chi connectivity index (χ1) is 15.3. The van der Waals surface area contributed by atoms with E-state index in [0.29, 0.717) is 38.6 Å². The number of nitrogens with one attached hydrogen (secondary N) is 1. The van der Waals surface area contributed by atoms with E-state index in [1.165, 1.54) is 55.0 Å². The number of morpholine rings is 1. The Labute approximate surface area is 195 Å². The molecule has 1 saturated heterocycles. The molecule has 2 N–H and O–H groups in total. The Morgan fingerprint density at radius 2 is 1.78 bits per heavy atom. The molecule has 1 aromatic carbocycles. The zero-order valence-corrected chi connectivity index (χ0v) is 19.9. The molecule has 4 saturated carbocycles. The van der Waals surface area contributed by atoms with Crippen molar-refractivity contribution in [2.45, 2.75) is 55.1 Å². The predicted molar refractivity (Wildman–Crippen MR) is 121 cm³/mol. The van der Waals surface area contributed by atoms with Gasteiger partial charge in [-0.25, -0.2) is 8.42 Å². The fourth-order valence-electron chi connectivity index (χ4n) is 6.60. The van der Waals surface area contributed by atoms with Crippen LogP contribution >= 0.6 is 11.6 Å². The first-order valence-corrected chi connectivity index (χ1v) is 13.6. The van der Waals surface area contributed by atoms with Gasteiger partial charge in [0, 0.05) is 25.2 Å². The third kappa shape index (κ3) is 4.68. The molecule has 0 aromatic heterocycles. The molecule has 5 fully saturated rings. The minimum Gasteiger partial charge on any atom is -0.489 e. The van der Waals surface area contributed by atoms with Gasteiger partial charge in [-0.2, -0.15) is 4.31 Å². The van der Waals surface area contributed by atoms with Crippen LogP contribution in [-0.2, 0) is 14.8 Å². The summed E-state index contributed by atoms with van der Waals surface area (Å²) in [6.07, 6.45) is 7.22. The van der Waals surface area contributed by atoms with Crippen molar-refractivity contribution in [2.24, 2.45) is 17.8 Å². The average molecular weight is 485 g/mol. The van der Waals surface area contributed by atoms with Gasteiger partial charge < -0.3 is 19.9 Å². The second kappa shape index (κ2) is 9.04. The number of β-amino-alcohol motifs (C(OH)–C–C–N with tert-alkyl or cyclic N) is 1. The largest absolute Gasteiger partial charge is 0.489 e. The van der Waals surface area contributed by atoms with Crippen molar-refractivity contribution in [3.05, 3.63) is 23.2 Å². The van der Waals surface area contributed by atoms with E-state index in [0.717, 1.165) is 17.8 Å². The van der Waals surface area contributed by atoms with E-state index >= 15 is 0 Å². The van der Waals surface area contributed by atoms with Crippen LogP contribution in [0.25, 0.3) is 0 Å². The topological polar surface area (TPSA) is 88.1 Å². The van der Waals surface area contributed by atoms with Crippen LogP contribution in [0.3, 0.4) is 0 Å². The molecular formula is C23H33ClN2O5S. The summed E-state index contributed by atoms with van der Waals surface area (Å²) >= 11 is 6.32. The number of nitrogens with zero attached hydrogens (tertiary/aromatic N) is 1. The summed E-state index contributed by atoms with van der Waals surface area (Å²) in [5, 5.41) is 14.4. The number of sulfonamides is 1. The number of hydrogen-bond donors (Lipinski definition) is 2. The molecule has 0 unspecified atom stereocenters. The minimum atomic E-state index is -3.61. The van der Waals surface area contributed by atoms with E-state index in [1.807, 2.05) is 0 Å². The van der Waals surface area contributed by atoms with Crippen molar-refractivity contribution < 1.29 is 23.0 Å². The Kier molecular flexibility index (Phi) is 6.46. The van der Waals surface area contributed by atoms with E-state index in [-0.39, 0.29) is 22.1 Å². The molecule has 4 aliphatic carbocycles. The molecule has 1 aromatic rings. The Morgan fingerprint density at radius 1 is 1.16 bits per heavy atom. The summed E-state index contributed by atoms with van der Waals surface area (Å²) in [7, 11) is -3.61. The summed E-state index contributed by atoms with van der Waals surface area (Å²) in [6, 6.07) is 4.49. The smallest absolute Gasteiger partial charge is 0.243 e. The molecule has 5 aliphatic rings. The first kappa shape index (κ1) is 22.9. The SMILES string of the molecule is O=S(=O)(c1ccc(OC[C@H](O)CNC23CC4CC(CC(C4)C2)C3)c(Cl)c1)N1CCOCC1. The summed E-state index contributed by atoms with van der Waals surface area (Å²) in [4.78, 5) is 0.140. The second-order valence-corrected chi connectivity index (χ2v) is 12.5. The average Bonchev–Trinajstić information content (AvgIpc) is 2.76. The third-order valence-electron chi connectivity index (χ3n) is 7.69. The van der Waals surface area contributed by atoms with Crippen LogP contribution in [0, 0.1) is 17.8 Å². The molecule has 4 bridgehead atoms. The molecule has 7 nitrogen and oxygen atoms in total. The molecule has 0 amide bonds. The summed E-state index contributed by atoms with van der Waals surface area (Å²) < 4.78 is 37.9. The van der Waals surface area contributed by atoms with Gasteiger partial charge in [-0.3, -0.25) is 0 Å². The fourth-order valence-corrected chi connectivity index (χ4v) is 8.34. The molecule has 1 aliphatic heterocycles. The highest BCUT2D eigenvalue weighted by atomic mass is 35.5. The number of hydrogen-bond acceptors (Lipinski definition) is 6. The maximum atomic E-state index is 12.8. The normalized spacial score (nSPS) is 33.4.